The first kappa shape index (κ1) is 6.13. The van der Waals surface area contributed by atoms with Crippen LogP contribution < -0.4 is 0 Å². The minimum atomic E-state index is 0.122. The van der Waals surface area contributed by atoms with E-state index in [2.05, 4.69) is 5.73 Å². The fourth-order valence-electron chi connectivity index (χ4n) is 0.903. The van der Waals surface area contributed by atoms with Gasteiger partial charge < -0.3 is 14.6 Å². The molecule has 0 unspecified atom stereocenters. The van der Waals surface area contributed by atoms with E-state index in [1.807, 2.05) is 0 Å². The molecular weight excluding hydrogens is 144 g/mol. The second-order valence-corrected chi connectivity index (χ2v) is 2.16. The number of aliphatic hydroxyl groups excluding tert-OH is 1. The van der Waals surface area contributed by atoms with Gasteiger partial charge in [0.05, 0.1) is 0 Å². The van der Waals surface area contributed by atoms with Crippen LogP contribution in [0.25, 0.3) is 0 Å². The van der Waals surface area contributed by atoms with Crippen LogP contribution in [0.4, 0.5) is 0 Å². The zero-order valence-electron chi connectivity index (χ0n) is 5.70. The Morgan fingerprint density at radius 3 is 3.00 bits per heavy atom. The molecule has 1 aliphatic heterocycles. The van der Waals surface area contributed by atoms with Crippen LogP contribution in [0.3, 0.4) is 0 Å². The summed E-state index contributed by atoms with van der Waals surface area (Å²) in [5.74, 6) is 1.30. The van der Waals surface area contributed by atoms with Crippen LogP contribution >= 0.6 is 0 Å². The molecule has 0 aromatic rings. The van der Waals surface area contributed by atoms with Crippen LogP contribution in [0.15, 0.2) is 41.2 Å². The quantitative estimate of drug-likeness (QED) is 0.530. The van der Waals surface area contributed by atoms with Gasteiger partial charge in [-0.25, -0.2) is 0 Å². The standard InChI is InChI=1S/C8H6O3/c9-6-2-1-3-7-8(4-6)11-5-10-7/h2-4,9H,5H2. The lowest BCUT2D eigenvalue weighted by atomic mass is 10.4. The van der Waals surface area contributed by atoms with Gasteiger partial charge in [0, 0.05) is 18.2 Å². The lowest BCUT2D eigenvalue weighted by molar-refractivity contribution is 0.0775. The predicted octanol–water partition coefficient (Wildman–Crippen LogP) is 1.37. The lowest BCUT2D eigenvalue weighted by Crippen LogP contribution is -1.83. The molecule has 0 spiro atoms. The molecule has 1 aliphatic carbocycles. The van der Waals surface area contributed by atoms with Crippen molar-refractivity contribution in [3.63, 3.8) is 0 Å². The highest BCUT2D eigenvalue weighted by atomic mass is 16.7. The van der Waals surface area contributed by atoms with Crippen LogP contribution in [-0.4, -0.2) is 11.9 Å². The van der Waals surface area contributed by atoms with Crippen molar-refractivity contribution in [2.75, 3.05) is 6.79 Å². The summed E-state index contributed by atoms with van der Waals surface area (Å²) in [7, 11) is 0. The fourth-order valence-corrected chi connectivity index (χ4v) is 0.903. The van der Waals surface area contributed by atoms with Crippen molar-refractivity contribution in [1.82, 2.24) is 0 Å². The molecule has 0 fully saturated rings. The van der Waals surface area contributed by atoms with Crippen molar-refractivity contribution in [2.24, 2.45) is 0 Å². The van der Waals surface area contributed by atoms with E-state index in [1.165, 1.54) is 12.2 Å². The van der Waals surface area contributed by atoms with Gasteiger partial charge in [-0.15, -0.1) is 5.73 Å². The predicted molar refractivity (Wildman–Crippen MR) is 37.4 cm³/mol. The van der Waals surface area contributed by atoms with Crippen LogP contribution in [0.5, 0.6) is 0 Å². The average molecular weight is 150 g/mol. The summed E-state index contributed by atoms with van der Waals surface area (Å²) >= 11 is 0. The molecule has 0 bridgehead atoms. The largest absolute Gasteiger partial charge is 0.507 e. The van der Waals surface area contributed by atoms with Crippen molar-refractivity contribution in [2.45, 2.75) is 0 Å². The molecule has 0 saturated heterocycles. The number of aliphatic hydroxyl groups is 1. The summed E-state index contributed by atoms with van der Waals surface area (Å²) in [6.07, 6.45) is 4.58. The third-order valence-corrected chi connectivity index (χ3v) is 1.40. The van der Waals surface area contributed by atoms with E-state index in [9.17, 15) is 0 Å². The topological polar surface area (TPSA) is 38.7 Å². The Morgan fingerprint density at radius 1 is 1.27 bits per heavy atom. The number of hydrogen-bond acceptors (Lipinski definition) is 3. The van der Waals surface area contributed by atoms with Crippen LogP contribution in [0, 0.1) is 0 Å². The van der Waals surface area contributed by atoms with Gasteiger partial charge >= 0.3 is 0 Å². The molecule has 0 saturated carbocycles. The molecule has 0 atom stereocenters. The summed E-state index contributed by atoms with van der Waals surface area (Å²) in [6, 6.07) is 0. The zero-order chi connectivity index (χ0) is 7.68. The van der Waals surface area contributed by atoms with Crippen molar-refractivity contribution >= 4 is 0 Å². The van der Waals surface area contributed by atoms with Crippen molar-refractivity contribution < 1.29 is 14.6 Å². The number of ether oxygens (including phenoxy) is 2. The Bertz CT molecular complexity index is 303. The highest BCUT2D eigenvalue weighted by Gasteiger charge is 2.14. The number of rotatable bonds is 0. The van der Waals surface area contributed by atoms with E-state index in [-0.39, 0.29) is 12.6 Å². The van der Waals surface area contributed by atoms with Crippen LogP contribution in [0.1, 0.15) is 0 Å². The first-order valence-corrected chi connectivity index (χ1v) is 3.19. The third-order valence-electron chi connectivity index (χ3n) is 1.40. The Kier molecular flexibility index (Phi) is 1.24. The molecule has 2 aliphatic rings. The van der Waals surface area contributed by atoms with Gasteiger partial charge in [0.2, 0.25) is 6.79 Å². The molecule has 56 valence electrons. The van der Waals surface area contributed by atoms with E-state index in [0.29, 0.717) is 11.5 Å². The number of allylic oxidation sites excluding steroid dienone is 3. The summed E-state index contributed by atoms with van der Waals surface area (Å²) < 4.78 is 10.1. The van der Waals surface area contributed by atoms with E-state index < -0.39 is 0 Å². The minimum Gasteiger partial charge on any atom is -0.507 e. The van der Waals surface area contributed by atoms with E-state index >= 15 is 0 Å². The third kappa shape index (κ3) is 1.02. The first-order chi connectivity index (χ1) is 5.36. The van der Waals surface area contributed by atoms with Gasteiger partial charge in [-0.1, -0.05) is 0 Å². The molecule has 2 rings (SSSR count). The van der Waals surface area contributed by atoms with Crippen LogP contribution in [0.2, 0.25) is 0 Å². The Balaban J connectivity index is 2.46. The SMILES string of the molecule is OC1=CC2=C(C=C=C1)OCO2. The second-order valence-electron chi connectivity index (χ2n) is 2.16. The molecular formula is C8H6O3. The van der Waals surface area contributed by atoms with Gasteiger partial charge in [0.15, 0.2) is 11.5 Å². The number of hydrogen-bond donors (Lipinski definition) is 1. The highest BCUT2D eigenvalue weighted by molar-refractivity contribution is 5.33. The maximum absolute atomic E-state index is 9.09. The van der Waals surface area contributed by atoms with Gasteiger partial charge in [0.25, 0.3) is 0 Å². The van der Waals surface area contributed by atoms with Gasteiger partial charge in [-0.2, -0.15) is 0 Å². The van der Waals surface area contributed by atoms with E-state index in [1.54, 1.807) is 6.08 Å². The van der Waals surface area contributed by atoms with Crippen molar-refractivity contribution in [3.8, 4) is 0 Å². The second kappa shape index (κ2) is 2.22. The van der Waals surface area contributed by atoms with Crippen molar-refractivity contribution in [3.05, 3.63) is 41.2 Å². The summed E-state index contributed by atoms with van der Waals surface area (Å²) in [5, 5.41) is 9.09. The summed E-state index contributed by atoms with van der Waals surface area (Å²) in [6.45, 7) is 0.215. The molecule has 0 amide bonds. The minimum absolute atomic E-state index is 0.122. The summed E-state index contributed by atoms with van der Waals surface area (Å²) in [5.41, 5.74) is 2.74. The molecule has 0 aromatic heterocycles. The molecule has 3 nitrogen and oxygen atoms in total. The van der Waals surface area contributed by atoms with Gasteiger partial charge in [0.1, 0.15) is 5.76 Å². The maximum Gasteiger partial charge on any atom is 0.231 e. The highest BCUT2D eigenvalue weighted by Crippen LogP contribution is 2.20. The monoisotopic (exact) mass is 150 g/mol. The average Bonchev–Trinajstić information content (AvgIpc) is 2.31. The Labute approximate surface area is 63.5 Å². The van der Waals surface area contributed by atoms with E-state index in [0.717, 1.165) is 0 Å². The fraction of sp³-hybridized carbons (Fsp3) is 0.125. The van der Waals surface area contributed by atoms with Gasteiger partial charge in [-0.05, 0) is 0 Å². The Morgan fingerprint density at radius 2 is 2.09 bits per heavy atom. The maximum atomic E-state index is 9.09. The normalized spacial score (nSPS) is 20.2. The first-order valence-electron chi connectivity index (χ1n) is 3.19. The molecule has 3 heteroatoms. The Hall–Kier alpha value is -1.60. The molecule has 11 heavy (non-hydrogen) atoms. The smallest absolute Gasteiger partial charge is 0.231 e. The molecule has 1 heterocycles. The molecule has 0 aromatic carbocycles. The molecule has 0 radical (unpaired) electrons. The van der Waals surface area contributed by atoms with E-state index in [4.69, 9.17) is 14.6 Å². The van der Waals surface area contributed by atoms with Gasteiger partial charge in [-0.3, -0.25) is 0 Å². The van der Waals surface area contributed by atoms with Crippen molar-refractivity contribution in [1.29, 1.82) is 0 Å². The summed E-state index contributed by atoms with van der Waals surface area (Å²) in [4.78, 5) is 0. The molecule has 1 N–H and O–H groups in total. The zero-order valence-corrected chi connectivity index (χ0v) is 5.70. The lowest BCUT2D eigenvalue weighted by Gasteiger charge is -1.92. The van der Waals surface area contributed by atoms with Crippen LogP contribution in [-0.2, 0) is 9.47 Å².